The third kappa shape index (κ3) is 3.76. The number of methoxy groups -OCH3 is 1. The van der Waals surface area contributed by atoms with Crippen molar-refractivity contribution < 1.29 is 13.9 Å². The molecule has 8 heteroatoms. The van der Waals surface area contributed by atoms with Gasteiger partial charge in [-0.05, 0) is 18.9 Å². The summed E-state index contributed by atoms with van der Waals surface area (Å²) in [6.07, 6.45) is 5.48. The second-order valence-electron chi connectivity index (χ2n) is 5.55. The minimum atomic E-state index is -0.505. The molecule has 2 aromatic heterocycles. The van der Waals surface area contributed by atoms with Crippen LogP contribution in [0.25, 0.3) is 0 Å². The standard InChI is InChI=1S/C16H18FN5O2/c1-24-15-7-14(19-10-20-15)21-13-2-4-22(5-3-13)16(23)11-6-12(17)9-18-8-11/h6-10,13H,2-5H2,1H3,(H,19,20,21). The van der Waals surface area contributed by atoms with Crippen molar-refractivity contribution in [2.75, 3.05) is 25.5 Å². The van der Waals surface area contributed by atoms with Crippen molar-refractivity contribution in [1.82, 2.24) is 19.9 Å². The first kappa shape index (κ1) is 16.1. The quantitative estimate of drug-likeness (QED) is 0.919. The molecule has 1 fully saturated rings. The predicted molar refractivity (Wildman–Crippen MR) is 85.3 cm³/mol. The second-order valence-corrected chi connectivity index (χ2v) is 5.55. The predicted octanol–water partition coefficient (Wildman–Crippen LogP) is 1.74. The first-order valence-electron chi connectivity index (χ1n) is 7.68. The average molecular weight is 331 g/mol. The smallest absolute Gasteiger partial charge is 0.255 e. The Morgan fingerprint density at radius 1 is 1.29 bits per heavy atom. The number of piperidine rings is 1. The number of ether oxygens (including phenoxy) is 1. The van der Waals surface area contributed by atoms with Gasteiger partial charge in [-0.2, -0.15) is 0 Å². The van der Waals surface area contributed by atoms with Crippen LogP contribution < -0.4 is 10.1 Å². The highest BCUT2D eigenvalue weighted by molar-refractivity contribution is 5.94. The summed E-state index contributed by atoms with van der Waals surface area (Å²) in [5.74, 6) is 0.499. The topological polar surface area (TPSA) is 80.2 Å². The number of carbonyl (C=O) groups is 1. The molecule has 0 spiro atoms. The second kappa shape index (κ2) is 7.20. The largest absolute Gasteiger partial charge is 0.481 e. The van der Waals surface area contributed by atoms with Gasteiger partial charge in [0.25, 0.3) is 5.91 Å². The van der Waals surface area contributed by atoms with Crippen LogP contribution >= 0.6 is 0 Å². The molecule has 126 valence electrons. The molecule has 1 aliphatic heterocycles. The third-order valence-corrected chi connectivity index (χ3v) is 3.94. The molecule has 1 N–H and O–H groups in total. The summed E-state index contributed by atoms with van der Waals surface area (Å²) in [5.41, 5.74) is 0.280. The maximum atomic E-state index is 13.2. The van der Waals surface area contributed by atoms with Crippen LogP contribution in [0.5, 0.6) is 5.88 Å². The molecule has 24 heavy (non-hydrogen) atoms. The fourth-order valence-electron chi connectivity index (χ4n) is 2.68. The number of pyridine rings is 1. The first-order chi connectivity index (χ1) is 11.7. The highest BCUT2D eigenvalue weighted by atomic mass is 19.1. The molecule has 0 radical (unpaired) electrons. The summed E-state index contributed by atoms with van der Waals surface area (Å²) >= 11 is 0. The minimum Gasteiger partial charge on any atom is -0.481 e. The maximum absolute atomic E-state index is 13.2. The Labute approximate surface area is 138 Å². The van der Waals surface area contributed by atoms with Crippen LogP contribution in [-0.2, 0) is 0 Å². The number of anilines is 1. The van der Waals surface area contributed by atoms with E-state index in [2.05, 4.69) is 20.3 Å². The fourth-order valence-corrected chi connectivity index (χ4v) is 2.68. The van der Waals surface area contributed by atoms with E-state index in [9.17, 15) is 9.18 Å². The van der Waals surface area contributed by atoms with Crippen LogP contribution in [0.1, 0.15) is 23.2 Å². The number of nitrogens with zero attached hydrogens (tertiary/aromatic N) is 4. The van der Waals surface area contributed by atoms with Crippen LogP contribution in [0.3, 0.4) is 0 Å². The number of hydrogen-bond acceptors (Lipinski definition) is 6. The zero-order valence-corrected chi connectivity index (χ0v) is 13.3. The summed E-state index contributed by atoms with van der Waals surface area (Å²) in [6.45, 7) is 1.18. The van der Waals surface area contributed by atoms with Crippen LogP contribution in [0.15, 0.2) is 30.9 Å². The van der Waals surface area contributed by atoms with Crippen molar-refractivity contribution in [3.63, 3.8) is 0 Å². The van der Waals surface area contributed by atoms with E-state index in [0.29, 0.717) is 24.8 Å². The number of rotatable bonds is 4. The molecule has 2 aromatic rings. The van der Waals surface area contributed by atoms with Gasteiger partial charge in [-0.1, -0.05) is 0 Å². The van der Waals surface area contributed by atoms with E-state index in [1.807, 2.05) is 0 Å². The van der Waals surface area contributed by atoms with Gasteiger partial charge in [-0.15, -0.1) is 0 Å². The van der Waals surface area contributed by atoms with Gasteiger partial charge in [-0.3, -0.25) is 9.78 Å². The molecule has 7 nitrogen and oxygen atoms in total. The van der Waals surface area contributed by atoms with E-state index in [4.69, 9.17) is 4.74 Å². The molecule has 3 rings (SSSR count). The summed E-state index contributed by atoms with van der Waals surface area (Å²) < 4.78 is 18.3. The highest BCUT2D eigenvalue weighted by Gasteiger charge is 2.24. The van der Waals surface area contributed by atoms with Gasteiger partial charge in [0.1, 0.15) is 18.0 Å². The molecule has 0 aliphatic carbocycles. The lowest BCUT2D eigenvalue weighted by molar-refractivity contribution is 0.0717. The fraction of sp³-hybridized carbons (Fsp3) is 0.375. The zero-order valence-electron chi connectivity index (χ0n) is 13.3. The van der Waals surface area contributed by atoms with Crippen molar-refractivity contribution in [2.24, 2.45) is 0 Å². The van der Waals surface area contributed by atoms with Gasteiger partial charge in [-0.25, -0.2) is 14.4 Å². The summed E-state index contributed by atoms with van der Waals surface area (Å²) in [6, 6.07) is 3.15. The van der Waals surface area contributed by atoms with E-state index in [-0.39, 0.29) is 17.5 Å². The van der Waals surface area contributed by atoms with E-state index < -0.39 is 5.82 Å². The summed E-state index contributed by atoms with van der Waals surface area (Å²) in [5, 5.41) is 3.32. The molecule has 0 saturated carbocycles. The Balaban J connectivity index is 1.56. The van der Waals surface area contributed by atoms with Gasteiger partial charge < -0.3 is 15.0 Å². The van der Waals surface area contributed by atoms with Crippen LogP contribution in [0, 0.1) is 5.82 Å². The van der Waals surface area contributed by atoms with Gasteiger partial charge in [0.2, 0.25) is 5.88 Å². The first-order valence-corrected chi connectivity index (χ1v) is 7.68. The van der Waals surface area contributed by atoms with E-state index in [1.54, 1.807) is 18.1 Å². The molecular weight excluding hydrogens is 313 g/mol. The van der Waals surface area contributed by atoms with Crippen LogP contribution in [0.2, 0.25) is 0 Å². The number of carbonyl (C=O) groups excluding carboxylic acids is 1. The van der Waals surface area contributed by atoms with Gasteiger partial charge in [0.05, 0.1) is 18.9 Å². The van der Waals surface area contributed by atoms with Crippen molar-refractivity contribution in [3.8, 4) is 5.88 Å². The molecule has 1 aliphatic rings. The summed E-state index contributed by atoms with van der Waals surface area (Å²) in [4.78, 5) is 25.9. The Bertz CT molecular complexity index is 719. The number of amides is 1. The SMILES string of the molecule is COc1cc(NC2CCN(C(=O)c3cncc(F)c3)CC2)ncn1. The monoisotopic (exact) mass is 331 g/mol. The van der Waals surface area contributed by atoms with E-state index in [1.165, 1.54) is 18.6 Å². The van der Waals surface area contributed by atoms with Crippen LogP contribution in [-0.4, -0.2) is 52.0 Å². The number of aromatic nitrogens is 3. The number of nitrogens with one attached hydrogen (secondary N) is 1. The lowest BCUT2D eigenvalue weighted by Gasteiger charge is -2.32. The molecular formula is C16H18FN5O2. The molecule has 1 saturated heterocycles. The van der Waals surface area contributed by atoms with Crippen molar-refractivity contribution in [2.45, 2.75) is 18.9 Å². The van der Waals surface area contributed by atoms with Gasteiger partial charge in [0, 0.05) is 31.4 Å². The number of halogens is 1. The lowest BCUT2D eigenvalue weighted by Crippen LogP contribution is -2.42. The van der Waals surface area contributed by atoms with E-state index >= 15 is 0 Å². The van der Waals surface area contributed by atoms with Gasteiger partial charge in [0.15, 0.2) is 0 Å². The minimum absolute atomic E-state index is 0.191. The van der Waals surface area contributed by atoms with Crippen molar-refractivity contribution >= 4 is 11.7 Å². The van der Waals surface area contributed by atoms with Crippen molar-refractivity contribution in [1.29, 1.82) is 0 Å². The number of hydrogen-bond donors (Lipinski definition) is 1. The summed E-state index contributed by atoms with van der Waals surface area (Å²) in [7, 11) is 1.55. The Morgan fingerprint density at radius 2 is 2.08 bits per heavy atom. The normalized spacial score (nSPS) is 15.2. The lowest BCUT2D eigenvalue weighted by atomic mass is 10.0. The molecule has 1 amide bonds. The molecule has 0 aromatic carbocycles. The van der Waals surface area contributed by atoms with Crippen LogP contribution in [0.4, 0.5) is 10.2 Å². The number of likely N-dealkylation sites (tertiary alicyclic amines) is 1. The third-order valence-electron chi connectivity index (χ3n) is 3.94. The Hall–Kier alpha value is -2.77. The molecule has 0 atom stereocenters. The van der Waals surface area contributed by atoms with E-state index in [0.717, 1.165) is 19.0 Å². The zero-order chi connectivity index (χ0) is 16.9. The highest BCUT2D eigenvalue weighted by Crippen LogP contribution is 2.18. The van der Waals surface area contributed by atoms with Crippen molar-refractivity contribution in [3.05, 3.63) is 42.2 Å². The van der Waals surface area contributed by atoms with Gasteiger partial charge >= 0.3 is 0 Å². The molecule has 0 bridgehead atoms. The Morgan fingerprint density at radius 3 is 2.79 bits per heavy atom. The maximum Gasteiger partial charge on any atom is 0.255 e. The average Bonchev–Trinajstić information content (AvgIpc) is 2.62. The Kier molecular flexibility index (Phi) is 4.83. The molecule has 0 unspecified atom stereocenters. The molecule has 3 heterocycles.